The zero-order valence-electron chi connectivity index (χ0n) is 13.0. The molecule has 1 N–H and O–H groups in total. The van der Waals surface area contributed by atoms with Gasteiger partial charge in [0.05, 0.1) is 14.3 Å². The number of aromatic amines is 1. The lowest BCUT2D eigenvalue weighted by Crippen LogP contribution is -2.18. The molecule has 0 aromatic carbocycles. The van der Waals surface area contributed by atoms with Crippen molar-refractivity contribution in [3.8, 4) is 11.5 Å². The summed E-state index contributed by atoms with van der Waals surface area (Å²) in [5, 5.41) is 3.01. The minimum atomic E-state index is -0.0819. The first-order chi connectivity index (χ1) is 9.68. The smallest absolute Gasteiger partial charge is 0.264 e. The fourth-order valence-corrected chi connectivity index (χ4v) is 3.24. The molecule has 0 unspecified atom stereocenters. The standard InChI is InChI=1S/C15H20IN3OS/c1-8(2)6-9-11(16)13(20)19-12(17-9)10-7-21-14(18-10)15(3,4)5/h7-8H,6H2,1-5H3,(H,17,19,20). The van der Waals surface area contributed by atoms with Gasteiger partial charge in [-0.15, -0.1) is 11.3 Å². The molecule has 2 aromatic heterocycles. The number of halogens is 1. The molecule has 21 heavy (non-hydrogen) atoms. The fraction of sp³-hybridized carbons (Fsp3) is 0.533. The van der Waals surface area contributed by atoms with Crippen molar-refractivity contribution in [3.05, 3.63) is 30.0 Å². The van der Waals surface area contributed by atoms with Gasteiger partial charge in [0.2, 0.25) is 0 Å². The van der Waals surface area contributed by atoms with E-state index >= 15 is 0 Å². The summed E-state index contributed by atoms with van der Waals surface area (Å²) in [6.07, 6.45) is 0.797. The largest absolute Gasteiger partial charge is 0.304 e. The van der Waals surface area contributed by atoms with Crippen molar-refractivity contribution >= 4 is 33.9 Å². The molecule has 114 valence electrons. The molecule has 2 aromatic rings. The third-order valence-corrected chi connectivity index (χ3v) is 5.30. The Bertz CT molecular complexity index is 698. The van der Waals surface area contributed by atoms with Gasteiger partial charge in [0.15, 0.2) is 5.82 Å². The SMILES string of the molecule is CC(C)Cc1nc(-c2csc(C(C)(C)C)n2)[nH]c(=O)c1I. The second-order valence-corrected chi connectivity index (χ2v) is 8.50. The van der Waals surface area contributed by atoms with Crippen LogP contribution in [0.3, 0.4) is 0 Å². The normalized spacial score (nSPS) is 12.1. The van der Waals surface area contributed by atoms with Crippen LogP contribution in [0.25, 0.3) is 11.5 Å². The van der Waals surface area contributed by atoms with Gasteiger partial charge in [0.25, 0.3) is 5.56 Å². The summed E-state index contributed by atoms with van der Waals surface area (Å²) in [6.45, 7) is 10.6. The van der Waals surface area contributed by atoms with Gasteiger partial charge in [-0.2, -0.15) is 0 Å². The number of nitrogens with one attached hydrogen (secondary N) is 1. The summed E-state index contributed by atoms with van der Waals surface area (Å²) in [6, 6.07) is 0. The quantitative estimate of drug-likeness (QED) is 0.769. The van der Waals surface area contributed by atoms with Crippen molar-refractivity contribution in [2.45, 2.75) is 46.5 Å². The summed E-state index contributed by atoms with van der Waals surface area (Å²) in [5.41, 5.74) is 1.53. The molecule has 6 heteroatoms. The van der Waals surface area contributed by atoms with Crippen LogP contribution in [0.1, 0.15) is 45.3 Å². The maximum atomic E-state index is 12.1. The molecule has 0 saturated heterocycles. The molecule has 0 aliphatic carbocycles. The van der Waals surface area contributed by atoms with Gasteiger partial charge in [0.1, 0.15) is 5.69 Å². The van der Waals surface area contributed by atoms with E-state index in [0.717, 1.165) is 22.8 Å². The molecule has 0 amide bonds. The van der Waals surface area contributed by atoms with Crippen molar-refractivity contribution in [2.24, 2.45) is 5.92 Å². The Hall–Kier alpha value is -0.760. The summed E-state index contributed by atoms with van der Waals surface area (Å²) in [5.74, 6) is 1.03. The Labute approximate surface area is 142 Å². The van der Waals surface area contributed by atoms with Crippen LogP contribution >= 0.6 is 33.9 Å². The minimum Gasteiger partial charge on any atom is -0.304 e. The van der Waals surface area contributed by atoms with Gasteiger partial charge in [-0.1, -0.05) is 34.6 Å². The van der Waals surface area contributed by atoms with E-state index in [0.29, 0.717) is 15.3 Å². The topological polar surface area (TPSA) is 58.6 Å². The van der Waals surface area contributed by atoms with Crippen LogP contribution in [0.15, 0.2) is 10.2 Å². The predicted octanol–water partition coefficient (Wildman–Crippen LogP) is 3.99. The van der Waals surface area contributed by atoms with Crippen LogP contribution in [0.2, 0.25) is 0 Å². The second-order valence-electron chi connectivity index (χ2n) is 6.56. The number of aromatic nitrogens is 3. The van der Waals surface area contributed by atoms with Crippen molar-refractivity contribution in [1.82, 2.24) is 15.0 Å². The van der Waals surface area contributed by atoms with Crippen LogP contribution in [0, 0.1) is 9.49 Å². The van der Waals surface area contributed by atoms with Crippen molar-refractivity contribution in [3.63, 3.8) is 0 Å². The van der Waals surface area contributed by atoms with Gasteiger partial charge in [-0.05, 0) is 34.9 Å². The Morgan fingerprint density at radius 3 is 2.52 bits per heavy atom. The molecule has 0 radical (unpaired) electrons. The highest BCUT2D eigenvalue weighted by atomic mass is 127. The van der Waals surface area contributed by atoms with E-state index in [1.165, 1.54) is 0 Å². The third kappa shape index (κ3) is 3.91. The second kappa shape index (κ2) is 6.16. The first-order valence-electron chi connectivity index (χ1n) is 6.93. The number of nitrogens with zero attached hydrogens (tertiary/aromatic N) is 2. The Morgan fingerprint density at radius 2 is 2.00 bits per heavy atom. The summed E-state index contributed by atoms with van der Waals surface area (Å²) in [4.78, 5) is 24.2. The minimum absolute atomic E-state index is 0.00712. The van der Waals surface area contributed by atoms with Gasteiger partial charge >= 0.3 is 0 Å². The van der Waals surface area contributed by atoms with E-state index in [2.05, 4.69) is 72.2 Å². The van der Waals surface area contributed by atoms with Gasteiger partial charge in [-0.25, -0.2) is 9.97 Å². The van der Waals surface area contributed by atoms with Crippen LogP contribution in [0.4, 0.5) is 0 Å². The molecule has 0 bridgehead atoms. The summed E-state index contributed by atoms with van der Waals surface area (Å²) >= 11 is 3.67. The fourth-order valence-electron chi connectivity index (χ4n) is 1.88. The molecule has 4 nitrogen and oxygen atoms in total. The van der Waals surface area contributed by atoms with Crippen molar-refractivity contribution < 1.29 is 0 Å². The highest BCUT2D eigenvalue weighted by Crippen LogP contribution is 2.28. The Kier molecular flexibility index (Phi) is 4.87. The average molecular weight is 417 g/mol. The van der Waals surface area contributed by atoms with Gasteiger partial charge in [-0.3, -0.25) is 4.79 Å². The molecule has 0 spiro atoms. The summed E-state index contributed by atoms with van der Waals surface area (Å²) in [7, 11) is 0. The molecule has 0 aliphatic heterocycles. The van der Waals surface area contributed by atoms with E-state index in [9.17, 15) is 4.79 Å². The molecule has 2 heterocycles. The van der Waals surface area contributed by atoms with Gasteiger partial charge in [0, 0.05) is 10.8 Å². The number of thiazole rings is 1. The van der Waals surface area contributed by atoms with E-state index < -0.39 is 0 Å². The first-order valence-corrected chi connectivity index (χ1v) is 8.89. The maximum absolute atomic E-state index is 12.1. The predicted molar refractivity (Wildman–Crippen MR) is 95.9 cm³/mol. The lowest BCUT2D eigenvalue weighted by molar-refractivity contribution is 0.585. The summed E-state index contributed by atoms with van der Waals surface area (Å²) < 4.78 is 0.677. The highest BCUT2D eigenvalue weighted by Gasteiger charge is 2.20. The molecule has 0 saturated carbocycles. The molecule has 0 fully saturated rings. The van der Waals surface area contributed by atoms with Crippen LogP contribution < -0.4 is 5.56 Å². The first kappa shape index (κ1) is 16.6. The molecular formula is C15H20IN3OS. The lowest BCUT2D eigenvalue weighted by atomic mass is 9.98. The number of rotatable bonds is 3. The van der Waals surface area contributed by atoms with E-state index in [1.807, 2.05) is 5.38 Å². The van der Waals surface area contributed by atoms with Crippen LogP contribution in [-0.2, 0) is 11.8 Å². The highest BCUT2D eigenvalue weighted by molar-refractivity contribution is 14.1. The number of hydrogen-bond acceptors (Lipinski definition) is 4. The molecule has 2 rings (SSSR count). The third-order valence-electron chi connectivity index (χ3n) is 2.92. The average Bonchev–Trinajstić information content (AvgIpc) is 2.83. The van der Waals surface area contributed by atoms with E-state index in [4.69, 9.17) is 0 Å². The van der Waals surface area contributed by atoms with E-state index in [-0.39, 0.29) is 11.0 Å². The number of hydrogen-bond donors (Lipinski definition) is 1. The van der Waals surface area contributed by atoms with E-state index in [1.54, 1.807) is 11.3 Å². The molecular weight excluding hydrogens is 397 g/mol. The van der Waals surface area contributed by atoms with Crippen molar-refractivity contribution in [2.75, 3.05) is 0 Å². The Morgan fingerprint density at radius 1 is 1.33 bits per heavy atom. The molecule has 0 atom stereocenters. The monoisotopic (exact) mass is 417 g/mol. The van der Waals surface area contributed by atoms with Crippen LogP contribution in [0.5, 0.6) is 0 Å². The van der Waals surface area contributed by atoms with Gasteiger partial charge < -0.3 is 4.98 Å². The van der Waals surface area contributed by atoms with Crippen LogP contribution in [-0.4, -0.2) is 15.0 Å². The number of H-pyrrole nitrogens is 1. The maximum Gasteiger partial charge on any atom is 0.264 e. The lowest BCUT2D eigenvalue weighted by Gasteiger charge is -2.13. The molecule has 0 aliphatic rings. The Balaban J connectivity index is 2.47. The zero-order chi connectivity index (χ0) is 15.8. The van der Waals surface area contributed by atoms with Crippen molar-refractivity contribution in [1.29, 1.82) is 0 Å². The zero-order valence-corrected chi connectivity index (χ0v) is 15.9.